The molecule has 0 heterocycles. The smallest absolute Gasteiger partial charge is 0.164 e. The SMILES string of the molecule is C#C[C@@]1(O)CCCC[C@]1(O)C#C. The van der Waals surface area contributed by atoms with Crippen LogP contribution in [-0.2, 0) is 0 Å². The molecule has 12 heavy (non-hydrogen) atoms. The quantitative estimate of drug-likeness (QED) is 0.505. The van der Waals surface area contributed by atoms with Crippen LogP contribution in [0.5, 0.6) is 0 Å². The second-order valence-electron chi connectivity index (χ2n) is 3.22. The summed E-state index contributed by atoms with van der Waals surface area (Å²) in [5.41, 5.74) is -3.06. The van der Waals surface area contributed by atoms with Gasteiger partial charge in [0.2, 0.25) is 0 Å². The fraction of sp³-hybridized carbons (Fsp3) is 0.600. The van der Waals surface area contributed by atoms with Crippen LogP contribution in [0, 0.1) is 24.7 Å². The first-order valence-corrected chi connectivity index (χ1v) is 3.98. The highest BCUT2D eigenvalue weighted by Gasteiger charge is 2.48. The maximum absolute atomic E-state index is 9.77. The first-order chi connectivity index (χ1) is 5.58. The van der Waals surface area contributed by atoms with E-state index in [4.69, 9.17) is 12.8 Å². The molecular weight excluding hydrogens is 152 g/mol. The topological polar surface area (TPSA) is 40.5 Å². The van der Waals surface area contributed by atoms with Crippen LogP contribution in [0.2, 0.25) is 0 Å². The maximum atomic E-state index is 9.77. The Labute approximate surface area is 72.6 Å². The van der Waals surface area contributed by atoms with Crippen molar-refractivity contribution in [1.29, 1.82) is 0 Å². The van der Waals surface area contributed by atoms with Gasteiger partial charge >= 0.3 is 0 Å². The van der Waals surface area contributed by atoms with Crippen LogP contribution >= 0.6 is 0 Å². The highest BCUT2D eigenvalue weighted by atomic mass is 16.4. The van der Waals surface area contributed by atoms with Crippen LogP contribution in [0.25, 0.3) is 0 Å². The summed E-state index contributed by atoms with van der Waals surface area (Å²) in [6, 6.07) is 0. The largest absolute Gasteiger partial charge is 0.374 e. The molecule has 1 aliphatic rings. The number of rotatable bonds is 0. The van der Waals surface area contributed by atoms with E-state index in [0.29, 0.717) is 12.8 Å². The van der Waals surface area contributed by atoms with Crippen molar-refractivity contribution in [2.24, 2.45) is 0 Å². The molecule has 2 N–H and O–H groups in total. The number of aliphatic hydroxyl groups is 2. The van der Waals surface area contributed by atoms with E-state index in [1.807, 2.05) is 0 Å². The van der Waals surface area contributed by atoms with Crippen molar-refractivity contribution in [2.45, 2.75) is 36.9 Å². The molecule has 0 aromatic heterocycles. The summed E-state index contributed by atoms with van der Waals surface area (Å²) in [6.45, 7) is 0. The molecule has 64 valence electrons. The molecule has 0 aliphatic heterocycles. The van der Waals surface area contributed by atoms with Gasteiger partial charge in [0.25, 0.3) is 0 Å². The molecule has 0 bridgehead atoms. The Hall–Kier alpha value is -0.960. The zero-order valence-corrected chi connectivity index (χ0v) is 6.88. The van der Waals surface area contributed by atoms with Gasteiger partial charge in [-0.3, -0.25) is 0 Å². The average Bonchev–Trinajstić information content (AvgIpc) is 2.10. The van der Waals surface area contributed by atoms with E-state index in [2.05, 4.69) is 11.8 Å². The molecule has 0 radical (unpaired) electrons. The molecule has 0 aromatic carbocycles. The van der Waals surface area contributed by atoms with Crippen LogP contribution in [-0.4, -0.2) is 21.4 Å². The van der Waals surface area contributed by atoms with Crippen molar-refractivity contribution < 1.29 is 10.2 Å². The first-order valence-electron chi connectivity index (χ1n) is 3.98. The van der Waals surface area contributed by atoms with Crippen molar-refractivity contribution in [2.75, 3.05) is 0 Å². The maximum Gasteiger partial charge on any atom is 0.164 e. The van der Waals surface area contributed by atoms with Gasteiger partial charge in [-0.1, -0.05) is 11.8 Å². The molecule has 0 saturated heterocycles. The summed E-state index contributed by atoms with van der Waals surface area (Å²) >= 11 is 0. The Kier molecular flexibility index (Phi) is 2.15. The zero-order valence-electron chi connectivity index (χ0n) is 6.88. The lowest BCUT2D eigenvalue weighted by Gasteiger charge is -2.39. The first kappa shape index (κ1) is 9.13. The summed E-state index contributed by atoms with van der Waals surface area (Å²) in [5.74, 6) is 4.37. The van der Waals surface area contributed by atoms with Crippen LogP contribution in [0.3, 0.4) is 0 Å². The van der Waals surface area contributed by atoms with E-state index >= 15 is 0 Å². The zero-order chi connectivity index (χ0) is 9.24. The van der Waals surface area contributed by atoms with Gasteiger partial charge in [-0.05, 0) is 25.7 Å². The highest BCUT2D eigenvalue weighted by Crippen LogP contribution is 2.36. The molecule has 1 rings (SSSR count). The van der Waals surface area contributed by atoms with Crippen molar-refractivity contribution in [1.82, 2.24) is 0 Å². The van der Waals surface area contributed by atoms with Crippen molar-refractivity contribution in [3.63, 3.8) is 0 Å². The van der Waals surface area contributed by atoms with Gasteiger partial charge in [0.05, 0.1) is 0 Å². The molecule has 0 aromatic rings. The van der Waals surface area contributed by atoms with Gasteiger partial charge in [0.15, 0.2) is 11.2 Å². The predicted molar refractivity (Wildman–Crippen MR) is 46.0 cm³/mol. The third-order valence-corrected chi connectivity index (χ3v) is 2.49. The minimum atomic E-state index is -1.53. The van der Waals surface area contributed by atoms with E-state index in [1.165, 1.54) is 0 Å². The molecular formula is C10H12O2. The molecule has 0 spiro atoms. The van der Waals surface area contributed by atoms with Crippen LogP contribution in [0.15, 0.2) is 0 Å². The summed E-state index contributed by atoms with van der Waals surface area (Å²) in [6.07, 6.45) is 12.6. The van der Waals surface area contributed by atoms with Crippen LogP contribution in [0.1, 0.15) is 25.7 Å². The highest BCUT2D eigenvalue weighted by molar-refractivity contribution is 5.28. The van der Waals surface area contributed by atoms with Gasteiger partial charge in [0, 0.05) is 0 Å². The van der Waals surface area contributed by atoms with E-state index in [0.717, 1.165) is 12.8 Å². The normalized spacial score (nSPS) is 41.3. The molecule has 0 unspecified atom stereocenters. The number of hydrogen-bond donors (Lipinski definition) is 2. The van der Waals surface area contributed by atoms with E-state index < -0.39 is 11.2 Å². The summed E-state index contributed by atoms with van der Waals surface area (Å²) in [5, 5.41) is 19.5. The lowest BCUT2D eigenvalue weighted by molar-refractivity contribution is -0.104. The summed E-state index contributed by atoms with van der Waals surface area (Å²) < 4.78 is 0. The average molecular weight is 164 g/mol. The fourth-order valence-corrected chi connectivity index (χ4v) is 1.56. The van der Waals surface area contributed by atoms with Crippen molar-refractivity contribution >= 4 is 0 Å². The van der Waals surface area contributed by atoms with E-state index in [1.54, 1.807) is 0 Å². The second kappa shape index (κ2) is 2.83. The van der Waals surface area contributed by atoms with E-state index in [9.17, 15) is 10.2 Å². The van der Waals surface area contributed by atoms with Gasteiger partial charge in [-0.25, -0.2) is 0 Å². The lowest BCUT2D eigenvalue weighted by atomic mass is 9.72. The Morgan fingerprint density at radius 3 is 1.50 bits per heavy atom. The van der Waals surface area contributed by atoms with Gasteiger partial charge in [-0.15, -0.1) is 12.8 Å². The molecule has 1 fully saturated rings. The Bertz CT molecular complexity index is 230. The third-order valence-electron chi connectivity index (χ3n) is 2.49. The Morgan fingerprint density at radius 2 is 1.25 bits per heavy atom. The number of terminal acetylenes is 2. The molecule has 2 atom stereocenters. The molecule has 2 nitrogen and oxygen atoms in total. The number of hydrogen-bond acceptors (Lipinski definition) is 2. The standard InChI is InChI=1S/C10H12O2/c1-3-9(11)7-5-6-8-10(9,12)4-2/h1-2,11-12H,5-8H2/t9-,10-/m1/s1. The van der Waals surface area contributed by atoms with Gasteiger partial charge < -0.3 is 10.2 Å². The third kappa shape index (κ3) is 1.10. The summed E-state index contributed by atoms with van der Waals surface area (Å²) in [4.78, 5) is 0. The Morgan fingerprint density at radius 1 is 0.917 bits per heavy atom. The fourth-order valence-electron chi connectivity index (χ4n) is 1.56. The van der Waals surface area contributed by atoms with Gasteiger partial charge in [-0.2, -0.15) is 0 Å². The van der Waals surface area contributed by atoms with E-state index in [-0.39, 0.29) is 0 Å². The van der Waals surface area contributed by atoms with Crippen molar-refractivity contribution in [3.05, 3.63) is 0 Å². The minimum absolute atomic E-state index is 0.379. The van der Waals surface area contributed by atoms with Crippen LogP contribution in [0.4, 0.5) is 0 Å². The molecule has 1 aliphatic carbocycles. The minimum Gasteiger partial charge on any atom is -0.374 e. The molecule has 0 amide bonds. The van der Waals surface area contributed by atoms with Crippen LogP contribution < -0.4 is 0 Å². The molecule has 2 heteroatoms. The van der Waals surface area contributed by atoms with Gasteiger partial charge in [0.1, 0.15) is 0 Å². The predicted octanol–water partition coefficient (Wildman–Crippen LogP) is 0.289. The van der Waals surface area contributed by atoms with Crippen molar-refractivity contribution in [3.8, 4) is 24.7 Å². The lowest BCUT2D eigenvalue weighted by Crippen LogP contribution is -2.54. The summed E-state index contributed by atoms with van der Waals surface area (Å²) in [7, 11) is 0. The molecule has 1 saturated carbocycles. The Balaban J connectivity index is 2.99. The second-order valence-corrected chi connectivity index (χ2v) is 3.22. The monoisotopic (exact) mass is 164 g/mol.